The van der Waals surface area contributed by atoms with Crippen LogP contribution in [0.1, 0.15) is 83.6 Å². The molecule has 0 unspecified atom stereocenters. The van der Waals surface area contributed by atoms with Crippen LogP contribution in [-0.2, 0) is 19.1 Å². The Kier molecular flexibility index (Phi) is 6.25. The number of carbonyl (C=O) groups excluding carboxylic acids is 3. The molecule has 1 aromatic rings. The van der Waals surface area contributed by atoms with Gasteiger partial charge in [0.05, 0.1) is 0 Å². The predicted octanol–water partition coefficient (Wildman–Crippen LogP) is 5.93. The van der Waals surface area contributed by atoms with Crippen molar-refractivity contribution in [3.8, 4) is 0 Å². The normalized spacial score (nSPS) is 33.3. The predicted molar refractivity (Wildman–Crippen MR) is 141 cm³/mol. The molecule has 0 N–H and O–H groups in total. The topological polar surface area (TPSA) is 63.7 Å². The first-order valence-electron chi connectivity index (χ1n) is 13.6. The number of fused-ring (bicyclic) bond motifs is 4. The van der Waals surface area contributed by atoms with Crippen molar-refractivity contribution in [1.29, 1.82) is 0 Å². The van der Waals surface area contributed by atoms with Crippen molar-refractivity contribution in [2.24, 2.45) is 17.3 Å². The van der Waals surface area contributed by atoms with Crippen LogP contribution in [-0.4, -0.2) is 37.2 Å². The molecule has 0 radical (unpaired) electrons. The molecule has 5 nitrogen and oxygen atoms in total. The van der Waals surface area contributed by atoms with E-state index in [4.69, 9.17) is 4.74 Å². The molecule has 36 heavy (non-hydrogen) atoms. The van der Waals surface area contributed by atoms with Crippen molar-refractivity contribution in [1.82, 2.24) is 0 Å². The number of hydrogen-bond acceptors (Lipinski definition) is 5. The molecule has 0 aliphatic heterocycles. The van der Waals surface area contributed by atoms with Crippen LogP contribution in [0.4, 0.5) is 5.69 Å². The highest BCUT2D eigenvalue weighted by Crippen LogP contribution is 2.67. The first kappa shape index (κ1) is 25.0. The van der Waals surface area contributed by atoms with E-state index in [1.807, 2.05) is 20.2 Å². The maximum atomic E-state index is 13.3. The van der Waals surface area contributed by atoms with Crippen molar-refractivity contribution in [3.63, 3.8) is 0 Å². The van der Waals surface area contributed by atoms with Crippen LogP contribution >= 0.6 is 0 Å². The summed E-state index contributed by atoms with van der Waals surface area (Å²) in [6.07, 6.45) is 7.71. The summed E-state index contributed by atoms with van der Waals surface area (Å²) >= 11 is 0. The first-order chi connectivity index (χ1) is 17.1. The Hall–Kier alpha value is -2.69. The molecule has 0 saturated heterocycles. The summed E-state index contributed by atoms with van der Waals surface area (Å²) in [4.78, 5) is 40.3. The van der Waals surface area contributed by atoms with E-state index in [0.29, 0.717) is 18.8 Å². The number of hydrogen-bond donors (Lipinski definition) is 0. The minimum Gasteiger partial charge on any atom is -0.450 e. The molecule has 4 aliphatic rings. The Balaban J connectivity index is 1.67. The molecule has 0 heterocycles. The maximum Gasteiger partial charge on any atom is 0.306 e. The van der Waals surface area contributed by atoms with Gasteiger partial charge in [0.1, 0.15) is 0 Å². The SMILES string of the molecule is CCC(=O)O[C@]1(C(C)=O)CC[C@H]2[C@@H]3CCC4=CC(=O)CCC4=C3[C@@H](c3ccc(N(C)C)cc3)C[C@@]21C. The summed E-state index contributed by atoms with van der Waals surface area (Å²) in [5.74, 6) is 0.684. The van der Waals surface area contributed by atoms with Crippen LogP contribution in [0.5, 0.6) is 0 Å². The smallest absolute Gasteiger partial charge is 0.306 e. The van der Waals surface area contributed by atoms with E-state index in [1.165, 1.54) is 22.3 Å². The number of carbonyl (C=O) groups is 3. The molecule has 0 amide bonds. The van der Waals surface area contributed by atoms with Gasteiger partial charge in [0.25, 0.3) is 0 Å². The van der Waals surface area contributed by atoms with Gasteiger partial charge in [0.2, 0.25) is 0 Å². The van der Waals surface area contributed by atoms with Gasteiger partial charge in [-0.25, -0.2) is 0 Å². The van der Waals surface area contributed by atoms with Crippen molar-refractivity contribution in [3.05, 3.63) is 52.6 Å². The molecule has 5 atom stereocenters. The van der Waals surface area contributed by atoms with Gasteiger partial charge in [-0.15, -0.1) is 0 Å². The molecule has 2 fully saturated rings. The number of nitrogens with zero attached hydrogens (tertiary/aromatic N) is 1. The fourth-order valence-corrected chi connectivity index (χ4v) is 8.04. The molecule has 0 spiro atoms. The van der Waals surface area contributed by atoms with E-state index in [-0.39, 0.29) is 35.8 Å². The maximum absolute atomic E-state index is 13.3. The van der Waals surface area contributed by atoms with Gasteiger partial charge in [0.15, 0.2) is 17.2 Å². The number of ketones is 2. The van der Waals surface area contributed by atoms with Crippen molar-refractivity contribution >= 4 is 23.2 Å². The molecule has 0 bridgehead atoms. The van der Waals surface area contributed by atoms with Crippen LogP contribution in [0.25, 0.3) is 0 Å². The number of ether oxygens (including phenoxy) is 1. The lowest BCUT2D eigenvalue weighted by Gasteiger charge is -2.55. The number of rotatable bonds is 5. The van der Waals surface area contributed by atoms with Crippen molar-refractivity contribution in [2.75, 3.05) is 19.0 Å². The average Bonchev–Trinajstić information content (AvgIpc) is 3.15. The number of anilines is 1. The van der Waals surface area contributed by atoms with Crippen LogP contribution in [0, 0.1) is 17.3 Å². The third kappa shape index (κ3) is 3.69. The monoisotopic (exact) mass is 489 g/mol. The van der Waals surface area contributed by atoms with E-state index in [1.54, 1.807) is 13.8 Å². The second-order valence-electron chi connectivity index (χ2n) is 11.7. The minimum atomic E-state index is -1.07. The zero-order chi connectivity index (χ0) is 25.8. The highest BCUT2D eigenvalue weighted by Gasteiger charge is 2.67. The molecule has 1 aromatic carbocycles. The van der Waals surface area contributed by atoms with E-state index >= 15 is 0 Å². The van der Waals surface area contributed by atoms with Gasteiger partial charge in [-0.1, -0.05) is 31.6 Å². The van der Waals surface area contributed by atoms with Crippen LogP contribution in [0.3, 0.4) is 0 Å². The standard InChI is InChI=1S/C31H39NO4/c1-6-28(35)36-31(19(2)33)16-15-27-25-13-9-21-17-23(34)12-14-24(21)29(25)26(18-30(27,31)3)20-7-10-22(11-8-20)32(4)5/h7-8,10-11,17,25-27H,6,9,12-16,18H2,1-5H3/t25-,26+,27-,30-,31-/m0/s1. The number of benzene rings is 1. The summed E-state index contributed by atoms with van der Waals surface area (Å²) in [7, 11) is 4.09. The number of allylic oxidation sites excluding steroid dienone is 4. The summed E-state index contributed by atoms with van der Waals surface area (Å²) in [5.41, 5.74) is 5.00. The molecule has 4 aliphatic carbocycles. The summed E-state index contributed by atoms with van der Waals surface area (Å²) in [6, 6.07) is 8.78. The Morgan fingerprint density at radius 1 is 1.08 bits per heavy atom. The van der Waals surface area contributed by atoms with Gasteiger partial charge in [0, 0.05) is 44.0 Å². The quantitative estimate of drug-likeness (QED) is 0.480. The third-order valence-corrected chi connectivity index (χ3v) is 9.81. The van der Waals surface area contributed by atoms with E-state index in [2.05, 4.69) is 36.1 Å². The molecule has 2 saturated carbocycles. The number of Topliss-reactive ketones (excluding diaryl/α,β-unsaturated/α-hetero) is 1. The van der Waals surface area contributed by atoms with Gasteiger partial charge in [-0.3, -0.25) is 14.4 Å². The first-order valence-corrected chi connectivity index (χ1v) is 13.6. The van der Waals surface area contributed by atoms with E-state index in [0.717, 1.165) is 37.8 Å². The van der Waals surface area contributed by atoms with Crippen LogP contribution in [0.15, 0.2) is 47.1 Å². The Morgan fingerprint density at radius 2 is 1.81 bits per heavy atom. The molecular formula is C31H39NO4. The van der Waals surface area contributed by atoms with E-state index in [9.17, 15) is 14.4 Å². The van der Waals surface area contributed by atoms with Crippen molar-refractivity contribution < 1.29 is 19.1 Å². The Bertz CT molecular complexity index is 1160. The lowest BCUT2D eigenvalue weighted by atomic mass is 9.50. The summed E-state index contributed by atoms with van der Waals surface area (Å²) in [5, 5.41) is 0. The minimum absolute atomic E-state index is 0.0215. The average molecular weight is 490 g/mol. The second kappa shape index (κ2) is 9.00. The summed E-state index contributed by atoms with van der Waals surface area (Å²) in [6.45, 7) is 5.62. The fraction of sp³-hybridized carbons (Fsp3) is 0.581. The largest absolute Gasteiger partial charge is 0.450 e. The lowest BCUT2D eigenvalue weighted by Crippen LogP contribution is -2.57. The fourth-order valence-electron chi connectivity index (χ4n) is 8.04. The Morgan fingerprint density at radius 3 is 2.44 bits per heavy atom. The highest BCUT2D eigenvalue weighted by molar-refractivity contribution is 5.93. The second-order valence-corrected chi connectivity index (χ2v) is 11.7. The highest BCUT2D eigenvalue weighted by atomic mass is 16.6. The molecule has 0 aromatic heterocycles. The zero-order valence-corrected chi connectivity index (χ0v) is 22.4. The van der Waals surface area contributed by atoms with Crippen molar-refractivity contribution in [2.45, 2.75) is 83.7 Å². The van der Waals surface area contributed by atoms with Gasteiger partial charge < -0.3 is 9.64 Å². The number of esters is 1. The molecule has 5 heteroatoms. The van der Waals surface area contributed by atoms with Gasteiger partial charge >= 0.3 is 5.97 Å². The van der Waals surface area contributed by atoms with Gasteiger partial charge in [-0.05, 0) is 92.2 Å². The lowest BCUT2D eigenvalue weighted by molar-refractivity contribution is -0.184. The Labute approximate surface area is 215 Å². The summed E-state index contributed by atoms with van der Waals surface area (Å²) < 4.78 is 6.15. The molecule has 5 rings (SSSR count). The van der Waals surface area contributed by atoms with Gasteiger partial charge in [-0.2, -0.15) is 0 Å². The zero-order valence-electron chi connectivity index (χ0n) is 22.4. The van der Waals surface area contributed by atoms with Crippen LogP contribution in [0.2, 0.25) is 0 Å². The molecular weight excluding hydrogens is 450 g/mol. The van der Waals surface area contributed by atoms with E-state index < -0.39 is 11.0 Å². The third-order valence-electron chi connectivity index (χ3n) is 9.81. The van der Waals surface area contributed by atoms with Crippen LogP contribution < -0.4 is 4.90 Å². The molecule has 192 valence electrons.